The molecule has 1 aliphatic heterocycles. The molecule has 1 amide bonds. The van der Waals surface area contributed by atoms with E-state index in [1.54, 1.807) is 23.1 Å². The maximum Gasteiger partial charge on any atom is 0.258 e. The Morgan fingerprint density at radius 3 is 2.63 bits per heavy atom. The summed E-state index contributed by atoms with van der Waals surface area (Å²) in [5.74, 6) is 0.711. The van der Waals surface area contributed by atoms with E-state index >= 15 is 0 Å². The zero-order valence-corrected chi connectivity index (χ0v) is 20.0. The van der Waals surface area contributed by atoms with E-state index in [0.717, 1.165) is 50.7 Å². The Labute approximate surface area is 208 Å². The van der Waals surface area contributed by atoms with Crippen LogP contribution in [0.15, 0.2) is 66.7 Å². The minimum atomic E-state index is -0.0968. The number of fused-ring (bicyclic) bond motifs is 4. The lowest BCUT2D eigenvalue weighted by atomic mass is 9.92. The number of benzene rings is 4. The zero-order chi connectivity index (χ0) is 24.3. The minimum absolute atomic E-state index is 0.00441. The van der Waals surface area contributed by atoms with Crippen LogP contribution < -0.4 is 4.90 Å². The Kier molecular flexibility index (Phi) is 5.08. The highest BCUT2D eigenvalue weighted by molar-refractivity contribution is 6.19. The number of phenolic OH excluding ortho intramolecular Hbond substituents is 2. The molecule has 0 spiro atoms. The lowest BCUT2D eigenvalue weighted by Gasteiger charge is -2.19. The molecule has 1 aliphatic carbocycles. The summed E-state index contributed by atoms with van der Waals surface area (Å²) in [6.45, 7) is 2.51. The van der Waals surface area contributed by atoms with Crippen molar-refractivity contribution in [1.29, 1.82) is 0 Å². The molecular weight excluding hydrogens is 458 g/mol. The fraction of sp³-hybridized carbons (Fsp3) is 0.167. The minimum Gasteiger partial charge on any atom is -0.508 e. The summed E-state index contributed by atoms with van der Waals surface area (Å²) >= 11 is 6.38. The topological polar surface area (TPSA) is 60.8 Å². The third-order valence-electron chi connectivity index (χ3n) is 7.24. The largest absolute Gasteiger partial charge is 0.508 e. The fourth-order valence-corrected chi connectivity index (χ4v) is 5.75. The highest BCUT2D eigenvalue weighted by Crippen LogP contribution is 2.46. The number of allylic oxidation sites excluding steroid dienone is 1. The van der Waals surface area contributed by atoms with E-state index in [1.165, 1.54) is 5.56 Å². The molecule has 0 saturated carbocycles. The van der Waals surface area contributed by atoms with Gasteiger partial charge in [-0.3, -0.25) is 4.79 Å². The van der Waals surface area contributed by atoms with Crippen LogP contribution in [0.5, 0.6) is 11.5 Å². The van der Waals surface area contributed by atoms with E-state index in [-0.39, 0.29) is 23.3 Å². The first-order valence-electron chi connectivity index (χ1n) is 11.7. The molecule has 0 aromatic heterocycles. The van der Waals surface area contributed by atoms with E-state index in [9.17, 15) is 15.0 Å². The smallest absolute Gasteiger partial charge is 0.258 e. The number of hydrogen-bond donors (Lipinski definition) is 2. The quantitative estimate of drug-likeness (QED) is 0.322. The zero-order valence-electron chi connectivity index (χ0n) is 19.3. The maximum absolute atomic E-state index is 13.7. The Hall–Kier alpha value is -3.76. The van der Waals surface area contributed by atoms with Crippen molar-refractivity contribution < 1.29 is 15.0 Å². The van der Waals surface area contributed by atoms with Crippen molar-refractivity contribution in [1.82, 2.24) is 0 Å². The van der Waals surface area contributed by atoms with E-state index in [4.69, 9.17) is 11.6 Å². The number of alkyl halides is 1. The van der Waals surface area contributed by atoms with Gasteiger partial charge in [0.2, 0.25) is 0 Å². The number of rotatable bonds is 3. The first-order valence-corrected chi connectivity index (χ1v) is 12.2. The first kappa shape index (κ1) is 21.8. The van der Waals surface area contributed by atoms with E-state index in [1.807, 2.05) is 55.5 Å². The van der Waals surface area contributed by atoms with Crippen LogP contribution in [0.1, 0.15) is 44.1 Å². The number of carbonyl (C=O) groups is 1. The molecule has 0 radical (unpaired) electrons. The monoisotopic (exact) mass is 481 g/mol. The van der Waals surface area contributed by atoms with Crippen molar-refractivity contribution in [2.75, 3.05) is 17.3 Å². The molecule has 0 saturated heterocycles. The highest BCUT2D eigenvalue weighted by Gasteiger charge is 2.35. The van der Waals surface area contributed by atoms with Gasteiger partial charge in [0.15, 0.2) is 0 Å². The van der Waals surface area contributed by atoms with Crippen molar-refractivity contribution in [2.45, 2.75) is 19.3 Å². The molecule has 4 nitrogen and oxygen atoms in total. The summed E-state index contributed by atoms with van der Waals surface area (Å²) in [6.07, 6.45) is 2.90. The number of aromatic hydroxyl groups is 2. The average molecular weight is 482 g/mol. The SMILES string of the molecule is Cc1cccc2c(O)cc3c(c12)[C@H](CCl)CN3C(=O)c1ccc2c(c1)C=C(c1ccc(O)cc1)C2. The molecule has 1 atom stereocenters. The summed E-state index contributed by atoms with van der Waals surface area (Å²) < 4.78 is 0. The number of carbonyl (C=O) groups excluding carboxylic acids is 1. The molecule has 1 heterocycles. The standard InChI is InChI=1S/C30H24ClNO3/c1-17-3-2-4-25-27(34)14-26-29(28(17)25)23(15-31)16-32(26)30(35)20-6-5-19-11-21(13-22(19)12-20)18-7-9-24(33)10-8-18/h2-10,12-14,23,33-34H,11,15-16H2,1H3/t23-/m1/s1. The number of amides is 1. The van der Waals surface area contributed by atoms with Crippen molar-refractivity contribution in [3.05, 3.63) is 100 Å². The predicted molar refractivity (Wildman–Crippen MR) is 142 cm³/mol. The van der Waals surface area contributed by atoms with Crippen LogP contribution in [0.2, 0.25) is 0 Å². The summed E-state index contributed by atoms with van der Waals surface area (Å²) in [6, 6.07) is 20.6. The second-order valence-corrected chi connectivity index (χ2v) is 9.71. The van der Waals surface area contributed by atoms with Crippen LogP contribution >= 0.6 is 11.6 Å². The molecule has 4 aromatic carbocycles. The molecule has 0 bridgehead atoms. The number of halogens is 1. The third-order valence-corrected chi connectivity index (χ3v) is 7.61. The lowest BCUT2D eigenvalue weighted by molar-refractivity contribution is 0.0988. The summed E-state index contributed by atoms with van der Waals surface area (Å²) in [7, 11) is 0. The second kappa shape index (κ2) is 8.17. The number of nitrogens with zero attached hydrogens (tertiary/aromatic N) is 1. The Bertz CT molecular complexity index is 1540. The van der Waals surface area contributed by atoms with Crippen LogP contribution in [0.25, 0.3) is 22.4 Å². The van der Waals surface area contributed by atoms with Gasteiger partial charge < -0.3 is 15.1 Å². The van der Waals surface area contributed by atoms with Gasteiger partial charge in [0, 0.05) is 35.4 Å². The molecule has 174 valence electrons. The molecule has 0 unspecified atom stereocenters. The van der Waals surface area contributed by atoms with Crippen molar-refractivity contribution in [3.8, 4) is 11.5 Å². The number of aryl methyl sites for hydroxylation is 1. The molecule has 2 aliphatic rings. The van der Waals surface area contributed by atoms with Gasteiger partial charge in [0.25, 0.3) is 5.91 Å². The highest BCUT2D eigenvalue weighted by atomic mass is 35.5. The van der Waals surface area contributed by atoms with Crippen molar-refractivity contribution in [2.24, 2.45) is 0 Å². The van der Waals surface area contributed by atoms with Crippen LogP contribution in [0.4, 0.5) is 5.69 Å². The summed E-state index contributed by atoms with van der Waals surface area (Å²) in [4.78, 5) is 15.5. The molecule has 2 N–H and O–H groups in total. The maximum atomic E-state index is 13.7. The average Bonchev–Trinajstić information content (AvgIpc) is 3.45. The number of hydrogen-bond acceptors (Lipinski definition) is 3. The molecular formula is C30H24ClNO3. The lowest BCUT2D eigenvalue weighted by Crippen LogP contribution is -2.30. The molecule has 35 heavy (non-hydrogen) atoms. The van der Waals surface area contributed by atoms with E-state index < -0.39 is 0 Å². The Balaban J connectivity index is 1.39. The summed E-state index contributed by atoms with van der Waals surface area (Å²) in [5.41, 5.74) is 7.86. The van der Waals surface area contributed by atoms with Gasteiger partial charge in [-0.05, 0) is 76.4 Å². The van der Waals surface area contributed by atoms with Gasteiger partial charge in [-0.25, -0.2) is 0 Å². The first-order chi connectivity index (χ1) is 16.9. The molecule has 5 heteroatoms. The number of anilines is 1. The van der Waals surface area contributed by atoms with Crippen LogP contribution in [-0.4, -0.2) is 28.5 Å². The van der Waals surface area contributed by atoms with E-state index in [2.05, 4.69) is 6.08 Å². The van der Waals surface area contributed by atoms with Crippen LogP contribution in [0.3, 0.4) is 0 Å². The fourth-order valence-electron chi connectivity index (χ4n) is 5.50. The van der Waals surface area contributed by atoms with Gasteiger partial charge in [0.05, 0.1) is 5.69 Å². The Morgan fingerprint density at radius 1 is 1.06 bits per heavy atom. The molecule has 6 rings (SSSR count). The van der Waals surface area contributed by atoms with E-state index in [0.29, 0.717) is 18.0 Å². The van der Waals surface area contributed by atoms with Gasteiger partial charge in [-0.1, -0.05) is 42.5 Å². The Morgan fingerprint density at radius 2 is 1.86 bits per heavy atom. The van der Waals surface area contributed by atoms with Crippen LogP contribution in [0, 0.1) is 6.92 Å². The van der Waals surface area contributed by atoms with Gasteiger partial charge in [-0.15, -0.1) is 11.6 Å². The molecule has 0 fully saturated rings. The predicted octanol–water partition coefficient (Wildman–Crippen LogP) is 6.64. The summed E-state index contributed by atoms with van der Waals surface area (Å²) in [5, 5.41) is 22.1. The molecule has 4 aromatic rings. The third kappa shape index (κ3) is 3.48. The van der Waals surface area contributed by atoms with Crippen molar-refractivity contribution >= 4 is 45.6 Å². The van der Waals surface area contributed by atoms with Gasteiger partial charge in [-0.2, -0.15) is 0 Å². The second-order valence-electron chi connectivity index (χ2n) is 9.40. The van der Waals surface area contributed by atoms with Gasteiger partial charge in [0.1, 0.15) is 11.5 Å². The van der Waals surface area contributed by atoms with Crippen molar-refractivity contribution in [3.63, 3.8) is 0 Å². The normalized spacial score (nSPS) is 16.3. The number of phenols is 2. The van der Waals surface area contributed by atoms with Crippen LogP contribution in [-0.2, 0) is 6.42 Å². The van der Waals surface area contributed by atoms with Gasteiger partial charge >= 0.3 is 0 Å².